The molecule has 6 heteroatoms. The van der Waals surface area contributed by atoms with Gasteiger partial charge in [-0.05, 0) is 30.5 Å². The van der Waals surface area contributed by atoms with Gasteiger partial charge in [0.05, 0.1) is 20.8 Å². The first-order chi connectivity index (χ1) is 12.0. The summed E-state index contributed by atoms with van der Waals surface area (Å²) >= 11 is 1.77. The van der Waals surface area contributed by atoms with Gasteiger partial charge >= 0.3 is 0 Å². The summed E-state index contributed by atoms with van der Waals surface area (Å²) in [7, 11) is 3.26. The van der Waals surface area contributed by atoms with Crippen molar-refractivity contribution < 1.29 is 9.47 Å². The molecule has 1 aromatic carbocycles. The summed E-state index contributed by atoms with van der Waals surface area (Å²) in [5.74, 6) is 2.13. The molecule has 25 heavy (non-hydrogen) atoms. The molecule has 1 aromatic heterocycles. The molecule has 0 aliphatic rings. The van der Waals surface area contributed by atoms with Crippen LogP contribution in [0, 0.1) is 0 Å². The number of thiophene rings is 1. The zero-order valence-corrected chi connectivity index (χ0v) is 16.4. The molecule has 0 radical (unpaired) electrons. The molecule has 2 aromatic rings. The lowest BCUT2D eigenvalue weighted by atomic mass is 9.92. The lowest BCUT2D eigenvalue weighted by Gasteiger charge is -2.22. The molecule has 0 unspecified atom stereocenters. The van der Waals surface area contributed by atoms with Gasteiger partial charge in [-0.2, -0.15) is 0 Å². The molecule has 0 aliphatic heterocycles. The summed E-state index contributed by atoms with van der Waals surface area (Å²) in [5.41, 5.74) is 0.889. The van der Waals surface area contributed by atoms with Crippen molar-refractivity contribution in [2.24, 2.45) is 4.99 Å². The first kappa shape index (κ1) is 19.1. The number of nitrogens with one attached hydrogen (secondary N) is 2. The average Bonchev–Trinajstić information content (AvgIpc) is 3.15. The van der Waals surface area contributed by atoms with Crippen molar-refractivity contribution >= 4 is 23.0 Å². The highest BCUT2D eigenvalue weighted by Gasteiger charge is 2.21. The predicted octanol–water partition coefficient (Wildman–Crippen LogP) is 4.12. The number of hydrogen-bond acceptors (Lipinski definition) is 4. The van der Waals surface area contributed by atoms with Crippen LogP contribution in [0.1, 0.15) is 25.6 Å². The number of nitrogens with zero attached hydrogens (tertiary/aromatic N) is 1. The Hall–Kier alpha value is -2.21. The van der Waals surface area contributed by atoms with E-state index in [1.54, 1.807) is 25.6 Å². The van der Waals surface area contributed by atoms with Gasteiger partial charge in [-0.3, -0.25) is 4.99 Å². The Bertz CT molecular complexity index is 697. The van der Waals surface area contributed by atoms with E-state index in [9.17, 15) is 0 Å². The number of anilines is 1. The summed E-state index contributed by atoms with van der Waals surface area (Å²) in [6.45, 7) is 7.95. The van der Waals surface area contributed by atoms with Gasteiger partial charge in [0.1, 0.15) is 0 Å². The molecule has 1 heterocycles. The minimum atomic E-state index is -0.00584. The summed E-state index contributed by atoms with van der Waals surface area (Å²) in [4.78, 5) is 6.10. The Morgan fingerprint density at radius 3 is 2.52 bits per heavy atom. The van der Waals surface area contributed by atoms with Gasteiger partial charge in [0, 0.05) is 28.6 Å². The van der Waals surface area contributed by atoms with Gasteiger partial charge in [0.2, 0.25) is 0 Å². The van der Waals surface area contributed by atoms with Crippen LogP contribution >= 0.6 is 11.3 Å². The molecular weight excluding hydrogens is 334 g/mol. The maximum Gasteiger partial charge on any atom is 0.195 e. The van der Waals surface area contributed by atoms with Crippen molar-refractivity contribution in [2.45, 2.75) is 26.2 Å². The zero-order valence-electron chi connectivity index (χ0n) is 15.6. The molecule has 2 N–H and O–H groups in total. The van der Waals surface area contributed by atoms with E-state index in [-0.39, 0.29) is 5.41 Å². The van der Waals surface area contributed by atoms with Crippen LogP contribution in [0.4, 0.5) is 5.69 Å². The van der Waals surface area contributed by atoms with Crippen LogP contribution in [0.25, 0.3) is 0 Å². The van der Waals surface area contributed by atoms with Crippen LogP contribution in [0.5, 0.6) is 11.5 Å². The number of ether oxygens (including phenoxy) is 2. The van der Waals surface area contributed by atoms with Crippen LogP contribution in [0.15, 0.2) is 40.7 Å². The third-order valence-corrected chi connectivity index (χ3v) is 5.05. The van der Waals surface area contributed by atoms with Gasteiger partial charge in [-0.25, -0.2) is 0 Å². The van der Waals surface area contributed by atoms with E-state index >= 15 is 0 Å². The summed E-state index contributed by atoms with van der Waals surface area (Å²) in [6, 6.07) is 9.96. The highest BCUT2D eigenvalue weighted by atomic mass is 32.1. The highest BCUT2D eigenvalue weighted by Crippen LogP contribution is 2.30. The molecule has 0 aliphatic carbocycles. The normalized spacial score (nSPS) is 12.0. The molecule has 2 rings (SSSR count). The molecule has 0 atom stereocenters. The largest absolute Gasteiger partial charge is 0.493 e. The third-order valence-electron chi connectivity index (χ3n) is 3.81. The Morgan fingerprint density at radius 2 is 1.92 bits per heavy atom. The van der Waals surface area contributed by atoms with E-state index in [1.807, 2.05) is 18.2 Å². The fourth-order valence-corrected chi connectivity index (χ4v) is 3.22. The molecule has 0 bridgehead atoms. The Labute approximate surface area is 154 Å². The maximum atomic E-state index is 5.36. The van der Waals surface area contributed by atoms with E-state index in [0.29, 0.717) is 18.0 Å². The maximum absolute atomic E-state index is 5.36. The first-order valence-corrected chi connectivity index (χ1v) is 9.19. The van der Waals surface area contributed by atoms with Crippen molar-refractivity contribution in [3.05, 3.63) is 40.6 Å². The van der Waals surface area contributed by atoms with Crippen molar-refractivity contribution in [1.82, 2.24) is 5.32 Å². The molecule has 0 fully saturated rings. The lowest BCUT2D eigenvalue weighted by molar-refractivity contribution is 0.355. The van der Waals surface area contributed by atoms with Gasteiger partial charge in [-0.1, -0.05) is 19.9 Å². The molecule has 0 saturated carbocycles. The fraction of sp³-hybridized carbons (Fsp3) is 0.421. The molecule has 136 valence electrons. The van der Waals surface area contributed by atoms with Crippen molar-refractivity contribution in [1.29, 1.82) is 0 Å². The van der Waals surface area contributed by atoms with Crippen LogP contribution in [-0.4, -0.2) is 33.3 Å². The molecular formula is C19H27N3O2S. The van der Waals surface area contributed by atoms with E-state index in [4.69, 9.17) is 14.5 Å². The monoisotopic (exact) mass is 361 g/mol. The van der Waals surface area contributed by atoms with Crippen molar-refractivity contribution in [2.75, 3.05) is 32.6 Å². The topological polar surface area (TPSA) is 54.9 Å². The van der Waals surface area contributed by atoms with E-state index in [2.05, 4.69) is 48.9 Å². The predicted molar refractivity (Wildman–Crippen MR) is 106 cm³/mol. The number of benzene rings is 1. The summed E-state index contributed by atoms with van der Waals surface area (Å²) in [5, 5.41) is 8.72. The minimum absolute atomic E-state index is 0.00584. The summed E-state index contributed by atoms with van der Waals surface area (Å²) < 4.78 is 10.6. The quantitative estimate of drug-likeness (QED) is 0.575. The molecule has 0 saturated heterocycles. The number of guanidine groups is 1. The van der Waals surface area contributed by atoms with Gasteiger partial charge in [-0.15, -0.1) is 11.3 Å². The van der Waals surface area contributed by atoms with Crippen LogP contribution in [0.3, 0.4) is 0 Å². The highest BCUT2D eigenvalue weighted by molar-refractivity contribution is 7.10. The lowest BCUT2D eigenvalue weighted by Crippen LogP contribution is -2.32. The standard InChI is InChI=1S/C19H27N3O2S/c1-6-20-18(21-13-19(2,3)17-8-7-11-25-17)22-14-9-10-15(23-4)16(12-14)24-5/h7-12H,6,13H2,1-5H3,(H2,20,21,22). The number of aliphatic imine (C=N–C) groups is 1. The third kappa shape index (κ3) is 5.13. The van der Waals surface area contributed by atoms with E-state index in [1.165, 1.54) is 4.88 Å². The molecule has 5 nitrogen and oxygen atoms in total. The Morgan fingerprint density at radius 1 is 1.16 bits per heavy atom. The van der Waals surface area contributed by atoms with Crippen molar-refractivity contribution in [3.8, 4) is 11.5 Å². The SMILES string of the molecule is CCNC(=NCC(C)(C)c1cccs1)Nc1ccc(OC)c(OC)c1. The Balaban J connectivity index is 2.15. The van der Waals surface area contributed by atoms with Gasteiger partial charge in [0.15, 0.2) is 17.5 Å². The Kier molecular flexibility index (Phi) is 6.70. The zero-order chi connectivity index (χ0) is 18.3. The number of methoxy groups -OCH3 is 2. The summed E-state index contributed by atoms with van der Waals surface area (Å²) in [6.07, 6.45) is 0. The van der Waals surface area contributed by atoms with Crippen LogP contribution < -0.4 is 20.1 Å². The number of rotatable bonds is 7. The second kappa shape index (κ2) is 8.76. The van der Waals surface area contributed by atoms with Crippen molar-refractivity contribution in [3.63, 3.8) is 0 Å². The van der Waals surface area contributed by atoms with Gasteiger partial charge in [0.25, 0.3) is 0 Å². The smallest absolute Gasteiger partial charge is 0.195 e. The molecule has 0 amide bonds. The fourth-order valence-electron chi connectivity index (χ4n) is 2.38. The average molecular weight is 362 g/mol. The first-order valence-electron chi connectivity index (χ1n) is 8.31. The van der Waals surface area contributed by atoms with Gasteiger partial charge < -0.3 is 20.1 Å². The molecule has 0 spiro atoms. The minimum Gasteiger partial charge on any atom is -0.493 e. The van der Waals surface area contributed by atoms with Crippen LogP contribution in [0.2, 0.25) is 0 Å². The van der Waals surface area contributed by atoms with Crippen LogP contribution in [-0.2, 0) is 5.41 Å². The number of hydrogen-bond donors (Lipinski definition) is 2. The van der Waals surface area contributed by atoms with E-state index in [0.717, 1.165) is 18.2 Å². The van der Waals surface area contributed by atoms with E-state index < -0.39 is 0 Å². The second-order valence-electron chi connectivity index (χ2n) is 6.25. The second-order valence-corrected chi connectivity index (χ2v) is 7.20.